The molecular formula is C46H77NO8P+. The molecule has 0 bridgehead atoms. The minimum absolute atomic E-state index is 0.00584. The first-order valence-electron chi connectivity index (χ1n) is 21.0. The molecule has 2 atom stereocenters. The first kappa shape index (κ1) is 52.9. The zero-order chi connectivity index (χ0) is 41.4. The van der Waals surface area contributed by atoms with Gasteiger partial charge in [-0.2, -0.15) is 0 Å². The van der Waals surface area contributed by atoms with Crippen molar-refractivity contribution < 1.29 is 42.1 Å². The number of hydrogen-bond donors (Lipinski definition) is 1. The molecule has 0 aliphatic rings. The van der Waals surface area contributed by atoms with Crippen LogP contribution >= 0.6 is 7.82 Å². The fraction of sp³-hybridized carbons (Fsp3) is 0.609. The lowest BCUT2D eigenvalue weighted by Gasteiger charge is -2.24. The molecule has 0 fully saturated rings. The number of carbonyl (C=O) groups is 2. The molecule has 0 spiro atoms. The molecule has 0 aliphatic heterocycles. The number of nitrogens with zero attached hydrogens (tertiary/aromatic N) is 1. The Balaban J connectivity index is 4.59. The number of quaternary nitrogens is 1. The average molecular weight is 803 g/mol. The van der Waals surface area contributed by atoms with E-state index in [4.69, 9.17) is 18.5 Å². The molecule has 2 unspecified atom stereocenters. The Hall–Kier alpha value is -3.07. The second-order valence-corrected chi connectivity index (χ2v) is 16.1. The fourth-order valence-electron chi connectivity index (χ4n) is 4.85. The highest BCUT2D eigenvalue weighted by molar-refractivity contribution is 7.47. The van der Waals surface area contributed by atoms with Crippen LogP contribution in [0.3, 0.4) is 0 Å². The number of likely N-dealkylation sites (N-methyl/N-ethyl adjacent to an activating group) is 1. The maximum atomic E-state index is 12.6. The molecule has 1 N–H and O–H groups in total. The van der Waals surface area contributed by atoms with Crippen molar-refractivity contribution in [3.05, 3.63) is 97.2 Å². The number of ether oxygens (including phenoxy) is 2. The molecule has 9 nitrogen and oxygen atoms in total. The van der Waals surface area contributed by atoms with E-state index in [1.54, 1.807) is 0 Å². The first-order chi connectivity index (χ1) is 27.0. The molecule has 10 heteroatoms. The van der Waals surface area contributed by atoms with Gasteiger partial charge in [-0.25, -0.2) is 4.57 Å². The number of unbranched alkanes of at least 4 members (excludes halogenated alkanes) is 6. The second-order valence-electron chi connectivity index (χ2n) is 14.6. The smallest absolute Gasteiger partial charge is 0.462 e. The predicted octanol–water partition coefficient (Wildman–Crippen LogP) is 11.8. The van der Waals surface area contributed by atoms with Crippen molar-refractivity contribution in [2.24, 2.45) is 0 Å². The summed E-state index contributed by atoms with van der Waals surface area (Å²) in [5.74, 6) is -0.987. The van der Waals surface area contributed by atoms with Gasteiger partial charge >= 0.3 is 19.8 Å². The number of allylic oxidation sites excluding steroid dienone is 16. The minimum atomic E-state index is -4.41. The summed E-state index contributed by atoms with van der Waals surface area (Å²) in [5.41, 5.74) is 0. The normalized spacial score (nSPS) is 14.6. The molecule has 0 saturated carbocycles. The van der Waals surface area contributed by atoms with Crippen LogP contribution in [0, 0.1) is 0 Å². The average Bonchev–Trinajstić information content (AvgIpc) is 3.15. The monoisotopic (exact) mass is 803 g/mol. The summed E-state index contributed by atoms with van der Waals surface area (Å²) in [6, 6.07) is 0. The SMILES string of the molecule is CC/C=C/C/C=C/C/C=C/C/C=C/C/C=C/C/C=C/CCC(=O)OCC(COP(=O)(O)OCC[N+](C)(C)C)OC(=O)CC/C=C/C/C=C/CCCCCCCC. The van der Waals surface area contributed by atoms with E-state index in [-0.39, 0.29) is 26.1 Å². The molecular weight excluding hydrogens is 725 g/mol. The van der Waals surface area contributed by atoms with E-state index in [1.807, 2.05) is 45.4 Å². The van der Waals surface area contributed by atoms with Crippen LogP contribution in [-0.4, -0.2) is 74.9 Å². The lowest BCUT2D eigenvalue weighted by Crippen LogP contribution is -2.37. The second kappa shape index (κ2) is 37.5. The van der Waals surface area contributed by atoms with E-state index in [0.29, 0.717) is 23.9 Å². The predicted molar refractivity (Wildman–Crippen MR) is 233 cm³/mol. The number of phosphoric ester groups is 1. The number of phosphoric acid groups is 1. The Morgan fingerprint density at radius 2 is 1.02 bits per heavy atom. The summed E-state index contributed by atoms with van der Waals surface area (Å²) >= 11 is 0. The van der Waals surface area contributed by atoms with E-state index in [2.05, 4.69) is 86.8 Å². The maximum absolute atomic E-state index is 12.6. The van der Waals surface area contributed by atoms with Crippen LogP contribution in [-0.2, 0) is 32.7 Å². The first-order valence-corrected chi connectivity index (χ1v) is 22.5. The van der Waals surface area contributed by atoms with Crippen molar-refractivity contribution in [3.8, 4) is 0 Å². The van der Waals surface area contributed by atoms with Crippen molar-refractivity contribution in [1.82, 2.24) is 0 Å². The molecule has 0 saturated heterocycles. The molecule has 0 aromatic carbocycles. The summed E-state index contributed by atoms with van der Waals surface area (Å²) in [5, 5.41) is 0. The lowest BCUT2D eigenvalue weighted by atomic mass is 10.1. The number of carbonyl (C=O) groups excluding carboxylic acids is 2. The van der Waals surface area contributed by atoms with Crippen molar-refractivity contribution in [2.75, 3.05) is 47.5 Å². The van der Waals surface area contributed by atoms with Crippen LogP contribution in [0.15, 0.2) is 97.2 Å². The van der Waals surface area contributed by atoms with Gasteiger partial charge in [0, 0.05) is 12.8 Å². The molecule has 0 aliphatic carbocycles. The summed E-state index contributed by atoms with van der Waals surface area (Å²) in [6.07, 6.45) is 49.2. The highest BCUT2D eigenvalue weighted by atomic mass is 31.2. The van der Waals surface area contributed by atoms with Crippen LogP contribution in [0.2, 0.25) is 0 Å². The Kier molecular flexibility index (Phi) is 35.4. The quantitative estimate of drug-likeness (QED) is 0.0219. The van der Waals surface area contributed by atoms with Crippen LogP contribution in [0.25, 0.3) is 0 Å². The Labute approximate surface area is 341 Å². The topological polar surface area (TPSA) is 108 Å². The molecule has 0 aromatic rings. The highest BCUT2D eigenvalue weighted by Crippen LogP contribution is 2.43. The van der Waals surface area contributed by atoms with Crippen LogP contribution in [0.5, 0.6) is 0 Å². The fourth-order valence-corrected chi connectivity index (χ4v) is 5.60. The van der Waals surface area contributed by atoms with Gasteiger partial charge in [-0.15, -0.1) is 0 Å². The van der Waals surface area contributed by atoms with Gasteiger partial charge in [0.25, 0.3) is 0 Å². The van der Waals surface area contributed by atoms with E-state index in [9.17, 15) is 19.0 Å². The third-order valence-corrected chi connectivity index (χ3v) is 9.11. The summed E-state index contributed by atoms with van der Waals surface area (Å²) in [7, 11) is 1.39. The minimum Gasteiger partial charge on any atom is -0.462 e. The van der Waals surface area contributed by atoms with Crippen LogP contribution in [0.4, 0.5) is 0 Å². The largest absolute Gasteiger partial charge is 0.472 e. The van der Waals surface area contributed by atoms with Crippen LogP contribution in [0.1, 0.15) is 129 Å². The van der Waals surface area contributed by atoms with Gasteiger partial charge in [-0.1, -0.05) is 143 Å². The zero-order valence-corrected chi connectivity index (χ0v) is 36.5. The number of hydrogen-bond acceptors (Lipinski definition) is 7. The molecule has 0 amide bonds. The van der Waals surface area contributed by atoms with Crippen molar-refractivity contribution >= 4 is 19.8 Å². The molecule has 0 heterocycles. The zero-order valence-electron chi connectivity index (χ0n) is 35.6. The third-order valence-electron chi connectivity index (χ3n) is 8.13. The van der Waals surface area contributed by atoms with E-state index < -0.39 is 32.5 Å². The number of rotatable bonds is 36. The third kappa shape index (κ3) is 40.6. The van der Waals surface area contributed by atoms with Crippen molar-refractivity contribution in [2.45, 2.75) is 136 Å². The van der Waals surface area contributed by atoms with Crippen molar-refractivity contribution in [1.29, 1.82) is 0 Å². The van der Waals surface area contributed by atoms with E-state index >= 15 is 0 Å². The van der Waals surface area contributed by atoms with Gasteiger partial charge in [-0.05, 0) is 70.6 Å². The van der Waals surface area contributed by atoms with Gasteiger partial charge in [0.2, 0.25) is 0 Å². The Morgan fingerprint density at radius 1 is 0.571 bits per heavy atom. The summed E-state index contributed by atoms with van der Waals surface area (Å²) in [6.45, 7) is 4.11. The summed E-state index contributed by atoms with van der Waals surface area (Å²) < 4.78 is 34.0. The Morgan fingerprint density at radius 3 is 1.52 bits per heavy atom. The molecule has 318 valence electrons. The van der Waals surface area contributed by atoms with Gasteiger partial charge in [-0.3, -0.25) is 18.6 Å². The maximum Gasteiger partial charge on any atom is 0.472 e. The number of esters is 2. The van der Waals surface area contributed by atoms with Gasteiger partial charge in [0.05, 0.1) is 27.7 Å². The highest BCUT2D eigenvalue weighted by Gasteiger charge is 2.27. The van der Waals surface area contributed by atoms with Gasteiger partial charge < -0.3 is 18.9 Å². The molecule has 0 radical (unpaired) electrons. The lowest BCUT2D eigenvalue weighted by molar-refractivity contribution is -0.870. The molecule has 0 rings (SSSR count). The molecule has 56 heavy (non-hydrogen) atoms. The van der Waals surface area contributed by atoms with E-state index in [1.165, 1.54) is 38.5 Å². The van der Waals surface area contributed by atoms with E-state index in [0.717, 1.165) is 51.4 Å². The standard InChI is InChI=1S/C46H76NO8P/c1-6-8-10-12-14-16-18-20-21-22-23-24-25-27-28-30-32-34-36-38-45(48)52-42-44(43-54-56(50,51)53-41-40-47(3,4)5)55-46(49)39-37-35-33-31-29-26-19-17-15-13-11-9-7-2/h8,10,14,16,20-21,23-24,26-29,32-35,44H,6-7,9,11-13,15,17-19,22,25,30-31,36-43H2,1-5H3/p+1/b10-8+,16-14+,21-20+,24-23+,28-27+,29-26+,34-32+,35-33+. The van der Waals surface area contributed by atoms with Crippen molar-refractivity contribution in [3.63, 3.8) is 0 Å². The Bertz CT molecular complexity index is 1270. The van der Waals surface area contributed by atoms with Gasteiger partial charge in [0.1, 0.15) is 19.8 Å². The summed E-state index contributed by atoms with van der Waals surface area (Å²) in [4.78, 5) is 35.2. The van der Waals surface area contributed by atoms with Gasteiger partial charge in [0.15, 0.2) is 6.10 Å². The van der Waals surface area contributed by atoms with Crippen LogP contribution < -0.4 is 0 Å². The molecule has 0 aromatic heterocycles.